The number of Topliss-reactive ketones (excluding diaryl/α,β-unsaturated/α-hetero) is 1. The van der Waals surface area contributed by atoms with Gasteiger partial charge in [0.15, 0.2) is 11.6 Å². The number of carbonyl (C=O) groups excluding carboxylic acids is 2. The third-order valence-electron chi connectivity index (χ3n) is 3.26. The number of hydrogen-bond donors (Lipinski definition) is 2. The van der Waals surface area contributed by atoms with Gasteiger partial charge < -0.3 is 15.1 Å². The summed E-state index contributed by atoms with van der Waals surface area (Å²) in [5.41, 5.74) is 0. The molecule has 1 fully saturated rings. The lowest BCUT2D eigenvalue weighted by Gasteiger charge is -2.20. The molecule has 5 nitrogen and oxygen atoms in total. The summed E-state index contributed by atoms with van der Waals surface area (Å²) in [6.07, 6.45) is 2.62. The Morgan fingerprint density at radius 3 is 1.94 bits per heavy atom. The Bertz CT molecular complexity index is 263. The van der Waals surface area contributed by atoms with E-state index in [4.69, 9.17) is 10.2 Å². The van der Waals surface area contributed by atoms with Crippen LogP contribution in [0.5, 0.6) is 0 Å². The van der Waals surface area contributed by atoms with Gasteiger partial charge >= 0.3 is 0 Å². The predicted octanol–water partition coefficient (Wildman–Crippen LogP) is 1.07. The normalized spacial score (nSPS) is 19.2. The van der Waals surface area contributed by atoms with E-state index in [-0.39, 0.29) is 17.7 Å². The summed E-state index contributed by atoms with van der Waals surface area (Å²) in [5.74, 6) is -1.29. The molecule has 1 aliphatic heterocycles. The van der Waals surface area contributed by atoms with Crippen molar-refractivity contribution >= 4 is 11.7 Å². The van der Waals surface area contributed by atoms with Crippen LogP contribution in [0.3, 0.4) is 0 Å². The fourth-order valence-electron chi connectivity index (χ4n) is 1.82. The quantitative estimate of drug-likeness (QED) is 0.743. The Balaban J connectivity index is 0.000000360. The molecule has 106 valence electrons. The lowest BCUT2D eigenvalue weighted by Crippen LogP contribution is -2.37. The van der Waals surface area contributed by atoms with Gasteiger partial charge in [-0.25, -0.2) is 0 Å². The van der Waals surface area contributed by atoms with E-state index < -0.39 is 5.79 Å². The molecule has 0 aromatic carbocycles. The van der Waals surface area contributed by atoms with Crippen molar-refractivity contribution in [3.05, 3.63) is 0 Å². The molecular weight excluding hydrogens is 234 g/mol. The highest BCUT2D eigenvalue weighted by Gasteiger charge is 2.29. The first-order valence-corrected chi connectivity index (χ1v) is 6.47. The maximum Gasteiger partial charge on any atom is 0.220 e. The molecule has 18 heavy (non-hydrogen) atoms. The predicted molar refractivity (Wildman–Crippen MR) is 68.8 cm³/mol. The van der Waals surface area contributed by atoms with E-state index in [2.05, 4.69) is 0 Å². The Morgan fingerprint density at radius 2 is 1.72 bits per heavy atom. The van der Waals surface area contributed by atoms with Gasteiger partial charge in [0, 0.05) is 13.5 Å². The second-order valence-electron chi connectivity index (χ2n) is 4.67. The molecular formula is C13H25NO4. The van der Waals surface area contributed by atoms with E-state index in [1.807, 2.05) is 0 Å². The van der Waals surface area contributed by atoms with Crippen LogP contribution in [0.4, 0.5) is 0 Å². The molecule has 0 bridgehead atoms. The number of nitrogens with zero attached hydrogens (tertiary/aromatic N) is 1. The van der Waals surface area contributed by atoms with Gasteiger partial charge in [0.1, 0.15) is 0 Å². The zero-order valence-electron chi connectivity index (χ0n) is 11.8. The summed E-state index contributed by atoms with van der Waals surface area (Å²) in [6.45, 7) is 7.29. The van der Waals surface area contributed by atoms with E-state index >= 15 is 0 Å². The molecule has 1 atom stereocenters. The molecule has 5 heteroatoms. The number of likely N-dealkylation sites (tertiary alicyclic amines) is 1. The van der Waals surface area contributed by atoms with Crippen molar-refractivity contribution in [3.8, 4) is 0 Å². The monoisotopic (exact) mass is 259 g/mol. The molecule has 0 saturated carbocycles. The average molecular weight is 259 g/mol. The van der Waals surface area contributed by atoms with Gasteiger partial charge in [0.25, 0.3) is 0 Å². The number of hydrogen-bond acceptors (Lipinski definition) is 4. The van der Waals surface area contributed by atoms with Crippen molar-refractivity contribution in [3.63, 3.8) is 0 Å². The molecule has 2 N–H and O–H groups in total. The van der Waals surface area contributed by atoms with Gasteiger partial charge in [-0.3, -0.25) is 9.59 Å². The number of amides is 1. The van der Waals surface area contributed by atoms with Gasteiger partial charge in [0.05, 0.1) is 6.04 Å². The minimum absolute atomic E-state index is 0.0164. The maximum atomic E-state index is 11.0. The van der Waals surface area contributed by atoms with Gasteiger partial charge in [-0.15, -0.1) is 0 Å². The summed E-state index contributed by atoms with van der Waals surface area (Å²) in [7, 11) is 0. The minimum atomic E-state index is -1.42. The van der Waals surface area contributed by atoms with Crippen LogP contribution in [0.15, 0.2) is 0 Å². The van der Waals surface area contributed by atoms with Crippen LogP contribution < -0.4 is 0 Å². The number of aliphatic hydroxyl groups is 2. The Hall–Kier alpha value is -0.940. The number of rotatable bonds is 3. The van der Waals surface area contributed by atoms with E-state index in [1.54, 1.807) is 25.7 Å². The van der Waals surface area contributed by atoms with Crippen LogP contribution in [0.1, 0.15) is 53.4 Å². The van der Waals surface area contributed by atoms with Crippen molar-refractivity contribution in [2.75, 3.05) is 6.54 Å². The SMILES string of the molecule is CC(=O)C1CCCN1C(C)=O.CCC(O)(O)CC. The van der Waals surface area contributed by atoms with Crippen molar-refractivity contribution in [1.29, 1.82) is 0 Å². The second-order valence-corrected chi connectivity index (χ2v) is 4.67. The van der Waals surface area contributed by atoms with Crippen molar-refractivity contribution in [2.24, 2.45) is 0 Å². The summed E-state index contributed by atoms with van der Waals surface area (Å²) in [5, 5.41) is 17.4. The van der Waals surface area contributed by atoms with Crippen LogP contribution in [-0.4, -0.2) is 45.2 Å². The first kappa shape index (κ1) is 17.1. The van der Waals surface area contributed by atoms with Crippen LogP contribution in [0, 0.1) is 0 Å². The fourth-order valence-corrected chi connectivity index (χ4v) is 1.82. The highest BCUT2D eigenvalue weighted by molar-refractivity contribution is 5.87. The van der Waals surface area contributed by atoms with Crippen LogP contribution in [0.25, 0.3) is 0 Å². The van der Waals surface area contributed by atoms with Gasteiger partial charge in [-0.2, -0.15) is 0 Å². The lowest BCUT2D eigenvalue weighted by atomic mass is 10.1. The summed E-state index contributed by atoms with van der Waals surface area (Å²) in [4.78, 5) is 23.6. The highest BCUT2D eigenvalue weighted by atomic mass is 16.5. The molecule has 0 radical (unpaired) electrons. The molecule has 1 rings (SSSR count). The molecule has 1 amide bonds. The van der Waals surface area contributed by atoms with Gasteiger partial charge in [0.2, 0.25) is 5.91 Å². The molecule has 0 aromatic heterocycles. The first-order valence-electron chi connectivity index (χ1n) is 6.47. The van der Waals surface area contributed by atoms with Crippen molar-refractivity contribution in [1.82, 2.24) is 4.90 Å². The third-order valence-corrected chi connectivity index (χ3v) is 3.26. The largest absolute Gasteiger partial charge is 0.366 e. The highest BCUT2D eigenvalue weighted by Crippen LogP contribution is 2.17. The average Bonchev–Trinajstić information content (AvgIpc) is 2.79. The lowest BCUT2D eigenvalue weighted by molar-refractivity contribution is -0.163. The molecule has 0 aliphatic carbocycles. The Kier molecular flexibility index (Phi) is 7.09. The van der Waals surface area contributed by atoms with Crippen LogP contribution in [-0.2, 0) is 9.59 Å². The van der Waals surface area contributed by atoms with Crippen molar-refractivity contribution in [2.45, 2.75) is 65.2 Å². The summed E-state index contributed by atoms with van der Waals surface area (Å²) >= 11 is 0. The zero-order valence-corrected chi connectivity index (χ0v) is 11.8. The van der Waals surface area contributed by atoms with Crippen LogP contribution in [0.2, 0.25) is 0 Å². The number of ketones is 1. The van der Waals surface area contributed by atoms with E-state index in [1.165, 1.54) is 6.92 Å². The topological polar surface area (TPSA) is 77.8 Å². The smallest absolute Gasteiger partial charge is 0.220 e. The zero-order chi connectivity index (χ0) is 14.3. The summed E-state index contributed by atoms with van der Waals surface area (Å²) < 4.78 is 0. The summed E-state index contributed by atoms with van der Waals surface area (Å²) in [6, 6.07) is -0.132. The number of carbonyl (C=O) groups is 2. The Morgan fingerprint density at radius 1 is 1.22 bits per heavy atom. The maximum absolute atomic E-state index is 11.0. The molecule has 1 saturated heterocycles. The fraction of sp³-hybridized carbons (Fsp3) is 0.846. The standard InChI is InChI=1S/C8H13NO2.C5H12O2/c1-6(10)8-4-3-5-9(8)7(2)11;1-3-5(6,7)4-2/h8H,3-5H2,1-2H3;6-7H,3-4H2,1-2H3. The molecule has 0 aromatic rings. The Labute approximate surface area is 109 Å². The van der Waals surface area contributed by atoms with E-state index in [0.717, 1.165) is 19.4 Å². The van der Waals surface area contributed by atoms with Crippen LogP contribution >= 0.6 is 0 Å². The van der Waals surface area contributed by atoms with E-state index in [9.17, 15) is 9.59 Å². The molecule has 0 spiro atoms. The van der Waals surface area contributed by atoms with Crippen molar-refractivity contribution < 1.29 is 19.8 Å². The third kappa shape index (κ3) is 5.60. The van der Waals surface area contributed by atoms with Gasteiger partial charge in [-0.05, 0) is 32.6 Å². The molecule has 1 aliphatic rings. The molecule has 1 heterocycles. The molecule has 1 unspecified atom stereocenters. The van der Waals surface area contributed by atoms with E-state index in [0.29, 0.717) is 12.8 Å². The second kappa shape index (κ2) is 7.48. The van der Waals surface area contributed by atoms with Gasteiger partial charge in [-0.1, -0.05) is 13.8 Å². The minimum Gasteiger partial charge on any atom is -0.366 e. The first-order chi connectivity index (χ1) is 8.25.